The van der Waals surface area contributed by atoms with E-state index >= 15 is 0 Å². The molecule has 0 spiro atoms. The Morgan fingerprint density at radius 1 is 1.22 bits per heavy atom. The Bertz CT molecular complexity index is 1010. The fourth-order valence-corrected chi connectivity index (χ4v) is 5.45. The van der Waals surface area contributed by atoms with E-state index in [1.165, 1.54) is 16.4 Å². The van der Waals surface area contributed by atoms with Crippen LogP contribution < -0.4 is 5.32 Å². The monoisotopic (exact) mass is 463 g/mol. The van der Waals surface area contributed by atoms with E-state index in [4.69, 9.17) is 4.74 Å². The van der Waals surface area contributed by atoms with E-state index in [9.17, 15) is 13.2 Å². The summed E-state index contributed by atoms with van der Waals surface area (Å²) in [6.07, 6.45) is 3.01. The molecule has 3 rings (SSSR count). The lowest BCUT2D eigenvalue weighted by atomic mass is 10.2. The molecule has 1 aliphatic rings. The van der Waals surface area contributed by atoms with Gasteiger partial charge in [-0.05, 0) is 45.1 Å². The van der Waals surface area contributed by atoms with Gasteiger partial charge in [-0.2, -0.15) is 9.40 Å². The summed E-state index contributed by atoms with van der Waals surface area (Å²) in [6.45, 7) is 12.1. The number of nitrogens with one attached hydrogen (secondary N) is 1. The molecule has 0 aliphatic carbocycles. The zero-order valence-corrected chi connectivity index (χ0v) is 20.0. The lowest BCUT2D eigenvalue weighted by Gasteiger charge is -2.34. The van der Waals surface area contributed by atoms with Crippen molar-refractivity contribution < 1.29 is 17.9 Å². The number of sulfonamides is 1. The van der Waals surface area contributed by atoms with Crippen LogP contribution in [0.4, 0.5) is 5.69 Å². The highest BCUT2D eigenvalue weighted by Crippen LogP contribution is 2.22. The number of ether oxygens (including phenoxy) is 1. The predicted octanol–water partition coefficient (Wildman–Crippen LogP) is 2.28. The number of hydrogen-bond acceptors (Lipinski definition) is 6. The SMILES string of the molecule is CCN(CC)CCn1cc(NC(=O)c2cccc(S(=O)(=O)N3CC(C)OC(C)C3)c2)cn1. The van der Waals surface area contributed by atoms with Crippen molar-refractivity contribution in [2.24, 2.45) is 0 Å². The largest absolute Gasteiger partial charge is 0.373 e. The van der Waals surface area contributed by atoms with E-state index < -0.39 is 10.0 Å². The summed E-state index contributed by atoms with van der Waals surface area (Å²) in [5.41, 5.74) is 0.843. The minimum Gasteiger partial charge on any atom is -0.373 e. The average molecular weight is 464 g/mol. The molecule has 0 saturated carbocycles. The molecule has 1 aromatic heterocycles. The van der Waals surface area contributed by atoms with Gasteiger partial charge < -0.3 is 15.0 Å². The number of amides is 1. The minimum atomic E-state index is -3.72. The van der Waals surface area contributed by atoms with Crippen LogP contribution >= 0.6 is 0 Å². The first-order chi connectivity index (χ1) is 15.2. The smallest absolute Gasteiger partial charge is 0.255 e. The lowest BCUT2D eigenvalue weighted by Crippen LogP contribution is -2.48. The quantitative estimate of drug-likeness (QED) is 0.613. The highest BCUT2D eigenvalue weighted by Gasteiger charge is 2.32. The van der Waals surface area contributed by atoms with Gasteiger partial charge in [0.15, 0.2) is 0 Å². The highest BCUT2D eigenvalue weighted by atomic mass is 32.2. The van der Waals surface area contributed by atoms with Gasteiger partial charge in [-0.15, -0.1) is 0 Å². The Labute approximate surface area is 190 Å². The molecule has 9 nitrogen and oxygen atoms in total. The second-order valence-electron chi connectivity index (χ2n) is 8.08. The molecule has 1 fully saturated rings. The Kier molecular flexibility index (Phi) is 8.05. The maximum atomic E-state index is 13.1. The number of anilines is 1. The molecule has 1 N–H and O–H groups in total. The number of likely N-dealkylation sites (N-methyl/N-ethyl adjacent to an activating group) is 1. The summed E-state index contributed by atoms with van der Waals surface area (Å²) in [6, 6.07) is 6.12. The summed E-state index contributed by atoms with van der Waals surface area (Å²) >= 11 is 0. The van der Waals surface area contributed by atoms with Crippen LogP contribution in [-0.4, -0.2) is 78.2 Å². The lowest BCUT2D eigenvalue weighted by molar-refractivity contribution is -0.0440. The van der Waals surface area contributed by atoms with E-state index in [0.717, 1.165) is 26.2 Å². The second-order valence-corrected chi connectivity index (χ2v) is 10.0. The van der Waals surface area contributed by atoms with Gasteiger partial charge in [-0.3, -0.25) is 9.48 Å². The van der Waals surface area contributed by atoms with Crippen molar-refractivity contribution in [2.75, 3.05) is 38.0 Å². The third kappa shape index (κ3) is 5.94. The summed E-state index contributed by atoms with van der Waals surface area (Å²) in [4.78, 5) is 15.1. The molecular formula is C22H33N5O4S. The average Bonchev–Trinajstić information content (AvgIpc) is 3.21. The summed E-state index contributed by atoms with van der Waals surface area (Å²) in [7, 11) is -3.72. The van der Waals surface area contributed by atoms with E-state index in [1.54, 1.807) is 29.2 Å². The molecule has 1 saturated heterocycles. The first-order valence-electron chi connectivity index (χ1n) is 11.0. The molecular weight excluding hydrogens is 430 g/mol. The molecule has 176 valence electrons. The van der Waals surface area contributed by atoms with E-state index in [1.807, 2.05) is 13.8 Å². The van der Waals surface area contributed by atoms with Crippen LogP contribution in [0.1, 0.15) is 38.1 Å². The number of rotatable bonds is 9. The van der Waals surface area contributed by atoms with Gasteiger partial charge in [-0.1, -0.05) is 19.9 Å². The molecule has 1 amide bonds. The maximum absolute atomic E-state index is 13.1. The number of benzene rings is 1. The van der Waals surface area contributed by atoms with E-state index in [0.29, 0.717) is 5.69 Å². The second kappa shape index (κ2) is 10.6. The third-order valence-electron chi connectivity index (χ3n) is 5.55. The molecule has 2 unspecified atom stereocenters. The topological polar surface area (TPSA) is 96.8 Å². The van der Waals surface area contributed by atoms with Crippen molar-refractivity contribution in [2.45, 2.75) is 51.3 Å². The van der Waals surface area contributed by atoms with E-state index in [2.05, 4.69) is 29.2 Å². The fraction of sp³-hybridized carbons (Fsp3) is 0.545. The maximum Gasteiger partial charge on any atom is 0.255 e. The standard InChI is InChI=1S/C22H33N5O4S/c1-5-25(6-2)10-11-26-16-20(13-23-26)24-22(28)19-8-7-9-21(12-19)32(29,30)27-14-17(3)31-18(4)15-27/h7-9,12-13,16-18H,5-6,10-11,14-15H2,1-4H3,(H,24,28). The van der Waals surface area contributed by atoms with Gasteiger partial charge >= 0.3 is 0 Å². The van der Waals surface area contributed by atoms with Gasteiger partial charge in [-0.25, -0.2) is 8.42 Å². The third-order valence-corrected chi connectivity index (χ3v) is 7.38. The summed E-state index contributed by atoms with van der Waals surface area (Å²) < 4.78 is 35.1. The van der Waals surface area contributed by atoms with Crippen molar-refractivity contribution in [3.8, 4) is 0 Å². The predicted molar refractivity (Wildman–Crippen MR) is 123 cm³/mol. The van der Waals surface area contributed by atoms with Gasteiger partial charge in [0.2, 0.25) is 10.0 Å². The zero-order valence-electron chi connectivity index (χ0n) is 19.2. The van der Waals surface area contributed by atoms with Crippen LogP contribution in [0, 0.1) is 0 Å². The molecule has 32 heavy (non-hydrogen) atoms. The molecule has 2 heterocycles. The van der Waals surface area contributed by atoms with Crippen LogP contribution in [0.15, 0.2) is 41.6 Å². The molecule has 2 atom stereocenters. The fourth-order valence-electron chi connectivity index (χ4n) is 3.81. The van der Waals surface area contributed by atoms with Crippen LogP contribution in [0.25, 0.3) is 0 Å². The Morgan fingerprint density at radius 3 is 2.56 bits per heavy atom. The van der Waals surface area contributed by atoms with Crippen molar-refractivity contribution >= 4 is 21.6 Å². The van der Waals surface area contributed by atoms with Gasteiger partial charge in [0.1, 0.15) is 0 Å². The van der Waals surface area contributed by atoms with Crippen LogP contribution in [-0.2, 0) is 21.3 Å². The van der Waals surface area contributed by atoms with Gasteiger partial charge in [0.25, 0.3) is 5.91 Å². The number of morpholine rings is 1. The Hall–Kier alpha value is -2.27. The van der Waals surface area contributed by atoms with E-state index in [-0.39, 0.29) is 41.7 Å². The summed E-state index contributed by atoms with van der Waals surface area (Å²) in [5.74, 6) is -0.381. The van der Waals surface area contributed by atoms with Crippen molar-refractivity contribution in [1.82, 2.24) is 19.0 Å². The molecule has 1 aliphatic heterocycles. The number of aromatic nitrogens is 2. The van der Waals surface area contributed by atoms with Crippen LogP contribution in [0.2, 0.25) is 0 Å². The first kappa shape index (κ1) is 24.4. The number of nitrogens with zero attached hydrogens (tertiary/aromatic N) is 4. The molecule has 1 aromatic carbocycles. The Morgan fingerprint density at radius 2 is 1.91 bits per heavy atom. The zero-order chi connectivity index (χ0) is 23.3. The summed E-state index contributed by atoms with van der Waals surface area (Å²) in [5, 5.41) is 7.10. The first-order valence-corrected chi connectivity index (χ1v) is 12.5. The Balaban J connectivity index is 1.68. The number of carbonyl (C=O) groups is 1. The molecule has 0 radical (unpaired) electrons. The van der Waals surface area contributed by atoms with Crippen LogP contribution in [0.5, 0.6) is 0 Å². The van der Waals surface area contributed by atoms with Crippen LogP contribution in [0.3, 0.4) is 0 Å². The van der Waals surface area contributed by atoms with Gasteiger partial charge in [0.05, 0.1) is 35.5 Å². The minimum absolute atomic E-state index is 0.0985. The number of hydrogen-bond donors (Lipinski definition) is 1. The highest BCUT2D eigenvalue weighted by molar-refractivity contribution is 7.89. The van der Waals surface area contributed by atoms with Gasteiger partial charge in [0, 0.05) is 31.4 Å². The molecule has 2 aromatic rings. The van der Waals surface area contributed by atoms with Crippen molar-refractivity contribution in [3.63, 3.8) is 0 Å². The number of carbonyl (C=O) groups excluding carboxylic acids is 1. The molecule has 10 heteroatoms. The normalized spacial score (nSPS) is 19.9. The molecule has 0 bridgehead atoms. The van der Waals surface area contributed by atoms with Crippen molar-refractivity contribution in [3.05, 3.63) is 42.2 Å². The van der Waals surface area contributed by atoms with Crippen molar-refractivity contribution in [1.29, 1.82) is 0 Å².